The summed E-state index contributed by atoms with van der Waals surface area (Å²) in [4.78, 5) is 12.5. The Morgan fingerprint density at radius 2 is 1.77 bits per heavy atom. The molecule has 5 nitrogen and oxygen atoms in total. The number of carbonyl (C=O) groups excluding carboxylic acids is 1. The largest absolute Gasteiger partial charge is 0.326 e. The van der Waals surface area contributed by atoms with Gasteiger partial charge >= 0.3 is 0 Å². The summed E-state index contributed by atoms with van der Waals surface area (Å²) in [6.45, 7) is 3.64. The lowest BCUT2D eigenvalue weighted by atomic mass is 9.90. The van der Waals surface area contributed by atoms with Gasteiger partial charge in [-0.25, -0.2) is 13.6 Å². The maximum absolute atomic E-state index is 12.5. The van der Waals surface area contributed by atoms with Crippen LogP contribution in [0.3, 0.4) is 0 Å². The molecule has 0 bridgehead atoms. The number of carbonyl (C=O) groups is 1. The van der Waals surface area contributed by atoms with E-state index < -0.39 is 10.0 Å². The number of amides is 1. The Hall–Kier alpha value is -2.18. The monoisotopic (exact) mass is 372 g/mol. The molecule has 26 heavy (non-hydrogen) atoms. The van der Waals surface area contributed by atoms with E-state index in [1.54, 1.807) is 6.92 Å². The molecule has 1 aliphatic rings. The smallest absolute Gasteiger partial charge is 0.238 e. The molecule has 0 fully saturated rings. The van der Waals surface area contributed by atoms with Gasteiger partial charge in [-0.1, -0.05) is 18.2 Å². The number of aryl methyl sites for hydroxylation is 3. The zero-order chi connectivity index (χ0) is 18.9. The third-order valence-electron chi connectivity index (χ3n) is 5.02. The van der Waals surface area contributed by atoms with Crippen molar-refractivity contribution in [3.8, 4) is 0 Å². The van der Waals surface area contributed by atoms with Gasteiger partial charge < -0.3 is 5.32 Å². The Bertz CT molecular complexity index is 965. The molecule has 138 valence electrons. The molecule has 3 N–H and O–H groups in total. The van der Waals surface area contributed by atoms with E-state index in [2.05, 4.69) is 17.4 Å². The van der Waals surface area contributed by atoms with Crippen molar-refractivity contribution in [2.75, 3.05) is 5.32 Å². The van der Waals surface area contributed by atoms with Gasteiger partial charge in [-0.3, -0.25) is 4.79 Å². The van der Waals surface area contributed by atoms with Crippen LogP contribution in [0.4, 0.5) is 5.69 Å². The number of anilines is 1. The van der Waals surface area contributed by atoms with E-state index in [4.69, 9.17) is 5.14 Å². The Morgan fingerprint density at radius 3 is 2.46 bits per heavy atom. The van der Waals surface area contributed by atoms with Crippen molar-refractivity contribution in [1.82, 2.24) is 0 Å². The van der Waals surface area contributed by atoms with Crippen molar-refractivity contribution in [3.63, 3.8) is 0 Å². The summed E-state index contributed by atoms with van der Waals surface area (Å²) in [5.74, 6) is -0.171. The average Bonchev–Trinajstić information content (AvgIpc) is 2.57. The average molecular weight is 372 g/mol. The predicted octanol–water partition coefficient (Wildman–Crippen LogP) is 3.01. The topological polar surface area (TPSA) is 89.3 Å². The number of fused-ring (bicyclic) bond motifs is 1. The number of primary sulfonamides is 1. The van der Waals surface area contributed by atoms with E-state index >= 15 is 0 Å². The molecule has 0 radical (unpaired) electrons. The standard InChI is InChI=1S/C20H24N2O3S/c1-13-9-18(26(21,24)25)12-19(14(13)2)22-20(23)11-15-7-8-16-5-3-4-6-17(16)10-15/h7-10,12H,3-6,11H2,1-2H3,(H,22,23)(H2,21,24,25). The van der Waals surface area contributed by atoms with Crippen molar-refractivity contribution in [3.05, 3.63) is 58.1 Å². The Balaban J connectivity index is 1.79. The molecule has 0 atom stereocenters. The first-order valence-corrected chi connectivity index (χ1v) is 10.3. The van der Waals surface area contributed by atoms with Crippen LogP contribution in [-0.4, -0.2) is 14.3 Å². The van der Waals surface area contributed by atoms with E-state index in [0.29, 0.717) is 5.69 Å². The second kappa shape index (κ2) is 7.21. The van der Waals surface area contributed by atoms with Crippen LogP contribution in [0.5, 0.6) is 0 Å². The van der Waals surface area contributed by atoms with Gasteiger partial charge in [0.2, 0.25) is 15.9 Å². The predicted molar refractivity (Wildman–Crippen MR) is 103 cm³/mol. The van der Waals surface area contributed by atoms with Gasteiger partial charge in [0.25, 0.3) is 0 Å². The number of rotatable bonds is 4. The summed E-state index contributed by atoms with van der Waals surface area (Å²) in [6, 6.07) is 9.18. The van der Waals surface area contributed by atoms with Gasteiger partial charge in [0.05, 0.1) is 11.3 Å². The molecule has 0 aromatic heterocycles. The van der Waals surface area contributed by atoms with Gasteiger partial charge in [0.15, 0.2) is 0 Å². The molecule has 3 rings (SSSR count). The van der Waals surface area contributed by atoms with Crippen molar-refractivity contribution in [2.45, 2.75) is 50.8 Å². The molecule has 0 spiro atoms. The second-order valence-electron chi connectivity index (χ2n) is 6.99. The van der Waals surface area contributed by atoms with Crippen LogP contribution < -0.4 is 10.5 Å². The summed E-state index contributed by atoms with van der Waals surface area (Å²) in [5.41, 5.74) is 5.77. The molecule has 6 heteroatoms. The lowest BCUT2D eigenvalue weighted by Crippen LogP contribution is -2.18. The van der Waals surface area contributed by atoms with E-state index in [1.165, 1.54) is 36.1 Å². The molecule has 0 unspecified atom stereocenters. The number of nitrogens with two attached hydrogens (primary N) is 1. The molecule has 1 aliphatic carbocycles. The molecule has 0 saturated carbocycles. The number of hydrogen-bond acceptors (Lipinski definition) is 3. The van der Waals surface area contributed by atoms with Gasteiger partial charge in [-0.2, -0.15) is 0 Å². The zero-order valence-electron chi connectivity index (χ0n) is 15.1. The van der Waals surface area contributed by atoms with Crippen LogP contribution in [0.2, 0.25) is 0 Å². The van der Waals surface area contributed by atoms with Crippen molar-refractivity contribution >= 4 is 21.6 Å². The maximum atomic E-state index is 12.5. The SMILES string of the molecule is Cc1cc(S(N)(=O)=O)cc(NC(=O)Cc2ccc3c(c2)CCCC3)c1C. The van der Waals surface area contributed by atoms with Crippen LogP contribution in [0.25, 0.3) is 0 Å². The highest BCUT2D eigenvalue weighted by atomic mass is 32.2. The second-order valence-corrected chi connectivity index (χ2v) is 8.55. The highest BCUT2D eigenvalue weighted by molar-refractivity contribution is 7.89. The van der Waals surface area contributed by atoms with Crippen LogP contribution in [0.15, 0.2) is 35.2 Å². The van der Waals surface area contributed by atoms with E-state index in [-0.39, 0.29) is 17.2 Å². The summed E-state index contributed by atoms with van der Waals surface area (Å²) in [7, 11) is -3.82. The molecule has 0 heterocycles. The molecule has 1 amide bonds. The third kappa shape index (κ3) is 4.14. The Morgan fingerprint density at radius 1 is 1.08 bits per heavy atom. The normalized spacial score (nSPS) is 14.0. The first-order valence-electron chi connectivity index (χ1n) is 8.78. The van der Waals surface area contributed by atoms with Crippen LogP contribution >= 0.6 is 0 Å². The first-order chi connectivity index (χ1) is 12.2. The summed E-state index contributed by atoms with van der Waals surface area (Å²) in [5, 5.41) is 8.06. The van der Waals surface area contributed by atoms with Crippen molar-refractivity contribution < 1.29 is 13.2 Å². The highest BCUT2D eigenvalue weighted by Gasteiger charge is 2.15. The molecular formula is C20H24N2O3S. The molecule has 0 saturated heterocycles. The lowest BCUT2D eigenvalue weighted by molar-refractivity contribution is -0.115. The molecule has 2 aromatic carbocycles. The Labute approximate surface area is 154 Å². The van der Waals surface area contributed by atoms with Gasteiger partial charge in [-0.05, 0) is 79.5 Å². The van der Waals surface area contributed by atoms with Crippen LogP contribution in [0.1, 0.15) is 40.7 Å². The number of sulfonamides is 1. The fraction of sp³-hybridized carbons (Fsp3) is 0.350. The highest BCUT2D eigenvalue weighted by Crippen LogP contribution is 2.25. The third-order valence-corrected chi connectivity index (χ3v) is 5.91. The summed E-state index contributed by atoms with van der Waals surface area (Å²) in [6.07, 6.45) is 4.86. The quantitative estimate of drug-likeness (QED) is 0.864. The maximum Gasteiger partial charge on any atom is 0.238 e. The minimum atomic E-state index is -3.82. The van der Waals surface area contributed by atoms with Crippen molar-refractivity contribution in [2.24, 2.45) is 5.14 Å². The number of nitrogens with one attached hydrogen (secondary N) is 1. The lowest BCUT2D eigenvalue weighted by Gasteiger charge is -2.17. The Kier molecular flexibility index (Phi) is 5.16. The zero-order valence-corrected chi connectivity index (χ0v) is 15.9. The summed E-state index contributed by atoms with van der Waals surface area (Å²) >= 11 is 0. The van der Waals surface area contributed by atoms with E-state index in [0.717, 1.165) is 29.5 Å². The molecule has 2 aromatic rings. The van der Waals surface area contributed by atoms with Crippen LogP contribution in [0, 0.1) is 13.8 Å². The molecular weight excluding hydrogens is 348 g/mol. The fourth-order valence-electron chi connectivity index (χ4n) is 3.40. The van der Waals surface area contributed by atoms with Crippen molar-refractivity contribution in [1.29, 1.82) is 0 Å². The summed E-state index contributed by atoms with van der Waals surface area (Å²) < 4.78 is 23.3. The van der Waals surface area contributed by atoms with Gasteiger partial charge in [0.1, 0.15) is 0 Å². The van der Waals surface area contributed by atoms with Gasteiger partial charge in [0, 0.05) is 5.69 Å². The number of hydrogen-bond donors (Lipinski definition) is 2. The number of benzene rings is 2. The fourth-order valence-corrected chi connectivity index (χ4v) is 4.02. The van der Waals surface area contributed by atoms with Crippen LogP contribution in [-0.2, 0) is 34.1 Å². The van der Waals surface area contributed by atoms with E-state index in [9.17, 15) is 13.2 Å². The minimum Gasteiger partial charge on any atom is -0.326 e. The van der Waals surface area contributed by atoms with E-state index in [1.807, 2.05) is 13.0 Å². The molecule has 0 aliphatic heterocycles. The first kappa shape index (κ1) is 18.6. The van der Waals surface area contributed by atoms with Gasteiger partial charge in [-0.15, -0.1) is 0 Å². The minimum absolute atomic E-state index is 0.00433.